The third-order valence-corrected chi connectivity index (χ3v) is 4.10. The fraction of sp³-hybridized carbons (Fsp3) is 0.933. The van der Waals surface area contributed by atoms with Crippen molar-refractivity contribution in [3.05, 3.63) is 0 Å². The summed E-state index contributed by atoms with van der Waals surface area (Å²) < 4.78 is 12.5. The van der Waals surface area contributed by atoms with Crippen molar-refractivity contribution < 1.29 is 14.3 Å². The molecule has 1 rings (SSSR count). The van der Waals surface area contributed by atoms with E-state index in [9.17, 15) is 4.79 Å². The number of amides is 1. The Kier molecular flexibility index (Phi) is 5.75. The maximum Gasteiger partial charge on any atom is 0.412 e. The maximum atomic E-state index is 12.6. The van der Waals surface area contributed by atoms with Crippen LogP contribution in [-0.2, 0) is 9.47 Å². The zero-order chi connectivity index (χ0) is 15.7. The van der Waals surface area contributed by atoms with Crippen molar-refractivity contribution >= 4 is 28.7 Å². The lowest BCUT2D eigenvalue weighted by atomic mass is 9.99. The van der Waals surface area contributed by atoms with Gasteiger partial charge in [-0.05, 0) is 47.0 Å². The lowest BCUT2D eigenvalue weighted by molar-refractivity contribution is -0.0746. The van der Waals surface area contributed by atoms with E-state index in [2.05, 4.69) is 36.4 Å². The van der Waals surface area contributed by atoms with Crippen LogP contribution in [0.3, 0.4) is 0 Å². The van der Waals surface area contributed by atoms with E-state index in [1.165, 1.54) is 0 Å². The molecule has 0 aromatic heterocycles. The number of hydrogen-bond donors (Lipinski definition) is 0. The van der Waals surface area contributed by atoms with E-state index in [0.29, 0.717) is 5.92 Å². The normalized spacial score (nSPS) is 26.1. The first-order chi connectivity index (χ1) is 8.98. The van der Waals surface area contributed by atoms with Gasteiger partial charge in [-0.15, -0.1) is 0 Å². The molecule has 0 spiro atoms. The second kappa shape index (κ2) is 6.38. The number of nitrogens with zero attached hydrogens (tertiary/aromatic N) is 1. The van der Waals surface area contributed by atoms with Gasteiger partial charge in [0.2, 0.25) is 0 Å². The topological polar surface area (TPSA) is 38.8 Å². The van der Waals surface area contributed by atoms with Crippen LogP contribution >= 0.6 is 22.6 Å². The largest absolute Gasteiger partial charge is 0.444 e. The Morgan fingerprint density at radius 1 is 1.40 bits per heavy atom. The van der Waals surface area contributed by atoms with Gasteiger partial charge in [0.15, 0.2) is 0 Å². The van der Waals surface area contributed by atoms with Crippen molar-refractivity contribution in [2.24, 2.45) is 5.92 Å². The summed E-state index contributed by atoms with van der Waals surface area (Å²) in [6.45, 7) is 13.9. The quantitative estimate of drug-likeness (QED) is 0.529. The van der Waals surface area contributed by atoms with Crippen LogP contribution in [0.4, 0.5) is 4.79 Å². The van der Waals surface area contributed by atoms with Crippen LogP contribution in [0.2, 0.25) is 0 Å². The van der Waals surface area contributed by atoms with Crippen LogP contribution in [0.5, 0.6) is 0 Å². The summed E-state index contributed by atoms with van der Waals surface area (Å²) >= 11 is 2.33. The first kappa shape index (κ1) is 18.0. The van der Waals surface area contributed by atoms with E-state index in [1.54, 1.807) is 4.90 Å². The fourth-order valence-corrected chi connectivity index (χ4v) is 3.38. The summed E-state index contributed by atoms with van der Waals surface area (Å²) in [4.78, 5) is 14.3. The molecule has 0 unspecified atom stereocenters. The number of carbonyl (C=O) groups excluding carboxylic acids is 1. The van der Waals surface area contributed by atoms with Crippen LogP contribution in [0.1, 0.15) is 54.9 Å². The third-order valence-electron chi connectivity index (χ3n) is 3.24. The minimum Gasteiger partial charge on any atom is -0.444 e. The second-order valence-electron chi connectivity index (χ2n) is 7.30. The highest BCUT2D eigenvalue weighted by molar-refractivity contribution is 14.1. The lowest BCUT2D eigenvalue weighted by Crippen LogP contribution is -2.50. The van der Waals surface area contributed by atoms with Gasteiger partial charge >= 0.3 is 6.09 Å². The third kappa shape index (κ3) is 4.48. The molecular formula is C15H28INO3. The summed E-state index contributed by atoms with van der Waals surface area (Å²) in [5, 5.41) is 0. The highest BCUT2D eigenvalue weighted by Gasteiger charge is 2.50. The van der Waals surface area contributed by atoms with E-state index in [0.717, 1.165) is 10.8 Å². The Balaban J connectivity index is 2.99. The Hall–Kier alpha value is -0.0400. The van der Waals surface area contributed by atoms with Gasteiger partial charge in [-0.2, -0.15) is 0 Å². The number of alkyl halides is 1. The van der Waals surface area contributed by atoms with E-state index in [4.69, 9.17) is 9.47 Å². The molecule has 0 aromatic rings. The zero-order valence-electron chi connectivity index (χ0n) is 13.7. The molecule has 0 bridgehead atoms. The molecule has 4 nitrogen and oxygen atoms in total. The van der Waals surface area contributed by atoms with E-state index in [-0.39, 0.29) is 18.2 Å². The van der Waals surface area contributed by atoms with Crippen LogP contribution in [0.15, 0.2) is 0 Å². The van der Waals surface area contributed by atoms with Crippen molar-refractivity contribution in [1.82, 2.24) is 4.90 Å². The van der Waals surface area contributed by atoms with Crippen molar-refractivity contribution in [2.45, 2.75) is 78.4 Å². The highest BCUT2D eigenvalue weighted by Crippen LogP contribution is 2.37. The molecule has 0 N–H and O–H groups in total. The Bertz CT molecular complexity index is 350. The van der Waals surface area contributed by atoms with Gasteiger partial charge in [-0.1, -0.05) is 36.4 Å². The summed E-state index contributed by atoms with van der Waals surface area (Å²) in [7, 11) is 0. The molecule has 2 atom stereocenters. The van der Waals surface area contributed by atoms with Gasteiger partial charge in [0, 0.05) is 4.43 Å². The average molecular weight is 397 g/mol. The molecule has 1 aliphatic heterocycles. The molecular weight excluding hydrogens is 369 g/mol. The first-order valence-corrected chi connectivity index (χ1v) is 8.76. The number of carbonyl (C=O) groups is 1. The van der Waals surface area contributed by atoms with Crippen LogP contribution in [0, 0.1) is 5.92 Å². The van der Waals surface area contributed by atoms with Crippen LogP contribution < -0.4 is 0 Å². The maximum absolute atomic E-state index is 12.6. The Morgan fingerprint density at radius 3 is 2.35 bits per heavy atom. The van der Waals surface area contributed by atoms with Gasteiger partial charge in [0.1, 0.15) is 11.3 Å². The second-order valence-corrected chi connectivity index (χ2v) is 8.19. The monoisotopic (exact) mass is 397 g/mol. The molecule has 0 radical (unpaired) electrons. The van der Waals surface area contributed by atoms with Gasteiger partial charge in [0.05, 0.1) is 12.1 Å². The minimum absolute atomic E-state index is 0.0699. The van der Waals surface area contributed by atoms with Gasteiger partial charge in [0.25, 0.3) is 0 Å². The first-order valence-electron chi connectivity index (χ1n) is 7.24. The molecule has 0 aromatic carbocycles. The fourth-order valence-electron chi connectivity index (χ4n) is 2.61. The average Bonchev–Trinajstić information content (AvgIpc) is 2.45. The molecule has 0 aliphatic carbocycles. The summed E-state index contributed by atoms with van der Waals surface area (Å²) in [5.74, 6) is 0.507. The predicted molar refractivity (Wildman–Crippen MR) is 89.2 cm³/mol. The number of rotatable bonds is 3. The molecule has 5 heteroatoms. The molecule has 1 fully saturated rings. The zero-order valence-corrected chi connectivity index (χ0v) is 15.9. The predicted octanol–water partition coefficient (Wildman–Crippen LogP) is 4.21. The van der Waals surface area contributed by atoms with Crippen molar-refractivity contribution in [2.75, 3.05) is 4.43 Å². The molecule has 118 valence electrons. The molecule has 20 heavy (non-hydrogen) atoms. The highest BCUT2D eigenvalue weighted by atomic mass is 127. The SMILES string of the molecule is CC(C)C[C@H]1[C@H](CI)OC(C)(C)N1C(=O)OC(C)(C)C. The molecule has 1 aliphatic rings. The lowest BCUT2D eigenvalue weighted by Gasteiger charge is -2.35. The van der Waals surface area contributed by atoms with E-state index in [1.807, 2.05) is 34.6 Å². The number of ether oxygens (including phenoxy) is 2. The Labute approximate surface area is 136 Å². The molecule has 1 heterocycles. The van der Waals surface area contributed by atoms with Crippen molar-refractivity contribution in [1.29, 1.82) is 0 Å². The molecule has 1 saturated heterocycles. The summed E-state index contributed by atoms with van der Waals surface area (Å²) in [5.41, 5.74) is -1.10. The van der Waals surface area contributed by atoms with Crippen molar-refractivity contribution in [3.8, 4) is 0 Å². The van der Waals surface area contributed by atoms with E-state index >= 15 is 0 Å². The summed E-state index contributed by atoms with van der Waals surface area (Å²) in [6.07, 6.45) is 0.720. The van der Waals surface area contributed by atoms with Crippen molar-refractivity contribution in [3.63, 3.8) is 0 Å². The molecule has 0 saturated carbocycles. The Morgan fingerprint density at radius 2 is 1.95 bits per heavy atom. The summed E-state index contributed by atoms with van der Waals surface area (Å²) in [6, 6.07) is 0.0803. The number of hydrogen-bond acceptors (Lipinski definition) is 3. The van der Waals surface area contributed by atoms with Gasteiger partial charge < -0.3 is 9.47 Å². The van der Waals surface area contributed by atoms with E-state index < -0.39 is 11.3 Å². The minimum atomic E-state index is -0.613. The molecule has 1 amide bonds. The standard InChI is InChI=1S/C15H28INO3/c1-10(2)8-11-12(9-16)19-15(6,7)17(11)13(18)20-14(3,4)5/h10-12H,8-9H2,1-7H3/t11-,12-/m0/s1. The van der Waals surface area contributed by atoms with Crippen LogP contribution in [-0.4, -0.2) is 38.9 Å². The van der Waals surface area contributed by atoms with Crippen LogP contribution in [0.25, 0.3) is 0 Å². The number of halogens is 1. The van der Waals surface area contributed by atoms with Gasteiger partial charge in [-0.3, -0.25) is 4.90 Å². The smallest absolute Gasteiger partial charge is 0.412 e. The van der Waals surface area contributed by atoms with Gasteiger partial charge in [-0.25, -0.2) is 4.79 Å².